The highest BCUT2D eigenvalue weighted by atomic mass is 16.2. The molecule has 0 bridgehead atoms. The molecule has 1 amide bonds. The van der Waals surface area contributed by atoms with Gasteiger partial charge in [-0.3, -0.25) is 9.59 Å². The van der Waals surface area contributed by atoms with Gasteiger partial charge in [0.1, 0.15) is 11.8 Å². The number of allylic oxidation sites excluding steroid dienone is 2. The number of aromatic nitrogens is 2. The van der Waals surface area contributed by atoms with Gasteiger partial charge in [0, 0.05) is 16.8 Å². The summed E-state index contributed by atoms with van der Waals surface area (Å²) >= 11 is 0. The van der Waals surface area contributed by atoms with Crippen LogP contribution in [0.1, 0.15) is 72.3 Å². The molecule has 6 heteroatoms. The zero-order chi connectivity index (χ0) is 19.6. The van der Waals surface area contributed by atoms with Crippen LogP contribution in [0, 0.1) is 16.7 Å². The molecule has 1 aromatic heterocycles. The number of benzene rings is 1. The number of anilines is 1. The molecule has 1 aliphatic carbocycles. The number of nitriles is 1. The zero-order valence-electron chi connectivity index (χ0n) is 15.7. The second-order valence-corrected chi connectivity index (χ2v) is 7.63. The second-order valence-electron chi connectivity index (χ2n) is 7.63. The lowest BCUT2D eigenvalue weighted by molar-refractivity contribution is 0.100. The standard InChI is InChI=1S/C21H22N4O2/c1-13(26)15-4-5-17(14-6-8-21(2,3)9-7-14)18(10-15)25-20(27)19-23-12-16(11-22)24-19/h4-6,10,12H,7-9H2,1-3H3,(H,23,24)(H,25,27). The van der Waals surface area contributed by atoms with Crippen LogP contribution in [0.3, 0.4) is 0 Å². The molecule has 6 nitrogen and oxygen atoms in total. The number of nitrogens with one attached hydrogen (secondary N) is 2. The van der Waals surface area contributed by atoms with Crippen molar-refractivity contribution in [2.45, 2.75) is 40.0 Å². The van der Waals surface area contributed by atoms with Crippen LogP contribution in [0.4, 0.5) is 5.69 Å². The van der Waals surface area contributed by atoms with Crippen molar-refractivity contribution in [3.8, 4) is 6.07 Å². The maximum Gasteiger partial charge on any atom is 0.291 e. The third-order valence-corrected chi connectivity index (χ3v) is 4.90. The Bertz CT molecular complexity index is 976. The average Bonchev–Trinajstić information content (AvgIpc) is 3.11. The smallest absolute Gasteiger partial charge is 0.291 e. The van der Waals surface area contributed by atoms with Crippen LogP contribution in [0.15, 0.2) is 30.5 Å². The first kappa shape index (κ1) is 18.6. The lowest BCUT2D eigenvalue weighted by Crippen LogP contribution is -2.17. The number of carbonyl (C=O) groups is 2. The molecule has 0 aliphatic heterocycles. The van der Waals surface area contributed by atoms with Gasteiger partial charge in [-0.1, -0.05) is 32.1 Å². The molecule has 1 aromatic carbocycles. The third kappa shape index (κ3) is 4.14. The highest BCUT2D eigenvalue weighted by Crippen LogP contribution is 2.40. The van der Waals surface area contributed by atoms with Crippen molar-refractivity contribution in [3.05, 3.63) is 53.1 Å². The van der Waals surface area contributed by atoms with E-state index >= 15 is 0 Å². The summed E-state index contributed by atoms with van der Waals surface area (Å²) in [5.41, 5.74) is 3.67. The maximum atomic E-state index is 12.5. The van der Waals surface area contributed by atoms with E-state index in [1.165, 1.54) is 13.1 Å². The Labute approximate surface area is 158 Å². The minimum atomic E-state index is -0.449. The normalized spacial score (nSPS) is 15.6. The molecule has 0 unspecified atom stereocenters. The molecule has 1 aliphatic rings. The van der Waals surface area contributed by atoms with E-state index in [4.69, 9.17) is 5.26 Å². The summed E-state index contributed by atoms with van der Waals surface area (Å²) in [6.07, 6.45) is 6.46. The number of nitrogens with zero attached hydrogens (tertiary/aromatic N) is 2. The molecule has 0 spiro atoms. The van der Waals surface area contributed by atoms with E-state index in [0.717, 1.165) is 30.4 Å². The SMILES string of the molecule is CC(=O)c1ccc(C2=CCC(C)(C)CC2)c(NC(=O)c2ncc(C#N)[nH]2)c1. The van der Waals surface area contributed by atoms with Gasteiger partial charge in [-0.05, 0) is 43.2 Å². The van der Waals surface area contributed by atoms with Crippen molar-refractivity contribution >= 4 is 23.0 Å². The van der Waals surface area contributed by atoms with Gasteiger partial charge in [-0.15, -0.1) is 0 Å². The Morgan fingerprint density at radius 2 is 2.11 bits per heavy atom. The number of rotatable bonds is 4. The predicted molar refractivity (Wildman–Crippen MR) is 103 cm³/mol. The van der Waals surface area contributed by atoms with Gasteiger partial charge in [-0.2, -0.15) is 5.26 Å². The first-order valence-corrected chi connectivity index (χ1v) is 8.90. The molecule has 0 saturated heterocycles. The van der Waals surface area contributed by atoms with Crippen molar-refractivity contribution in [3.63, 3.8) is 0 Å². The monoisotopic (exact) mass is 362 g/mol. The molecule has 1 heterocycles. The molecule has 2 N–H and O–H groups in total. The van der Waals surface area contributed by atoms with E-state index in [0.29, 0.717) is 11.3 Å². The number of hydrogen-bond acceptors (Lipinski definition) is 4. The van der Waals surface area contributed by atoms with Crippen molar-refractivity contribution < 1.29 is 9.59 Å². The first-order chi connectivity index (χ1) is 12.8. The fourth-order valence-electron chi connectivity index (χ4n) is 3.14. The van der Waals surface area contributed by atoms with Crippen molar-refractivity contribution in [2.75, 3.05) is 5.32 Å². The third-order valence-electron chi connectivity index (χ3n) is 4.90. The molecule has 2 aromatic rings. The number of H-pyrrole nitrogens is 1. The number of carbonyl (C=O) groups excluding carboxylic acids is 2. The second kappa shape index (κ2) is 7.20. The van der Waals surface area contributed by atoms with Crippen LogP contribution in [0.5, 0.6) is 0 Å². The molecule has 138 valence electrons. The van der Waals surface area contributed by atoms with Crippen LogP contribution in [-0.4, -0.2) is 21.7 Å². The van der Waals surface area contributed by atoms with Crippen molar-refractivity contribution in [1.82, 2.24) is 9.97 Å². The summed E-state index contributed by atoms with van der Waals surface area (Å²) in [5, 5.41) is 11.7. The highest BCUT2D eigenvalue weighted by Gasteiger charge is 2.24. The summed E-state index contributed by atoms with van der Waals surface area (Å²) in [6.45, 7) is 5.98. The Balaban J connectivity index is 1.95. The van der Waals surface area contributed by atoms with Gasteiger partial charge in [0.15, 0.2) is 11.6 Å². The lowest BCUT2D eigenvalue weighted by Gasteiger charge is -2.29. The van der Waals surface area contributed by atoms with E-state index in [1.807, 2.05) is 12.1 Å². The molecule has 0 saturated carbocycles. The molecule has 0 fully saturated rings. The molecular weight excluding hydrogens is 340 g/mol. The van der Waals surface area contributed by atoms with Gasteiger partial charge < -0.3 is 10.3 Å². The topological polar surface area (TPSA) is 98.6 Å². The van der Waals surface area contributed by atoms with Gasteiger partial charge in [-0.25, -0.2) is 4.98 Å². The fraction of sp³-hybridized carbons (Fsp3) is 0.333. The minimum absolute atomic E-state index is 0.0597. The van der Waals surface area contributed by atoms with Crippen LogP contribution in [-0.2, 0) is 0 Å². The Morgan fingerprint density at radius 3 is 2.70 bits per heavy atom. The molecular formula is C21H22N4O2. The van der Waals surface area contributed by atoms with E-state index in [-0.39, 0.29) is 22.7 Å². The number of hydrogen-bond donors (Lipinski definition) is 2. The van der Waals surface area contributed by atoms with E-state index < -0.39 is 5.91 Å². The summed E-state index contributed by atoms with van der Waals surface area (Å²) in [4.78, 5) is 30.9. The number of imidazole rings is 1. The highest BCUT2D eigenvalue weighted by molar-refractivity contribution is 6.05. The van der Waals surface area contributed by atoms with Crippen LogP contribution >= 0.6 is 0 Å². The predicted octanol–water partition coefficient (Wildman–Crippen LogP) is 4.33. The Hall–Kier alpha value is -3.20. The van der Waals surface area contributed by atoms with Crippen LogP contribution in [0.2, 0.25) is 0 Å². The van der Waals surface area contributed by atoms with Crippen molar-refractivity contribution in [1.29, 1.82) is 5.26 Å². The average molecular weight is 362 g/mol. The van der Waals surface area contributed by atoms with Gasteiger partial charge in [0.2, 0.25) is 0 Å². The zero-order valence-corrected chi connectivity index (χ0v) is 15.7. The minimum Gasteiger partial charge on any atom is -0.326 e. The summed E-state index contributed by atoms with van der Waals surface area (Å²) in [7, 11) is 0. The summed E-state index contributed by atoms with van der Waals surface area (Å²) < 4.78 is 0. The molecule has 27 heavy (non-hydrogen) atoms. The quantitative estimate of drug-likeness (QED) is 0.791. The van der Waals surface area contributed by atoms with E-state index in [2.05, 4.69) is 35.2 Å². The fourth-order valence-corrected chi connectivity index (χ4v) is 3.14. The number of aromatic amines is 1. The molecule has 0 radical (unpaired) electrons. The molecule has 3 rings (SSSR count). The summed E-state index contributed by atoms with van der Waals surface area (Å²) in [6, 6.07) is 7.28. The number of amides is 1. The maximum absolute atomic E-state index is 12.5. The Kier molecular flexibility index (Phi) is 4.95. The van der Waals surface area contributed by atoms with Crippen molar-refractivity contribution in [2.24, 2.45) is 5.41 Å². The number of ketones is 1. The Morgan fingerprint density at radius 1 is 1.33 bits per heavy atom. The van der Waals surface area contributed by atoms with Gasteiger partial charge in [0.25, 0.3) is 5.91 Å². The largest absolute Gasteiger partial charge is 0.326 e. The first-order valence-electron chi connectivity index (χ1n) is 8.90. The molecule has 0 atom stereocenters. The summed E-state index contributed by atoms with van der Waals surface area (Å²) in [5.74, 6) is -0.458. The number of Topliss-reactive ketones (excluding diaryl/α,β-unsaturated/α-hetero) is 1. The van der Waals surface area contributed by atoms with E-state index in [1.54, 1.807) is 12.1 Å². The van der Waals surface area contributed by atoms with Crippen LogP contribution < -0.4 is 5.32 Å². The van der Waals surface area contributed by atoms with Crippen LogP contribution in [0.25, 0.3) is 5.57 Å². The van der Waals surface area contributed by atoms with Gasteiger partial charge in [0.05, 0.1) is 6.20 Å². The lowest BCUT2D eigenvalue weighted by atomic mass is 9.77. The van der Waals surface area contributed by atoms with Gasteiger partial charge >= 0.3 is 0 Å². The van der Waals surface area contributed by atoms with E-state index in [9.17, 15) is 9.59 Å².